The van der Waals surface area contributed by atoms with Crippen molar-refractivity contribution in [2.75, 3.05) is 33.9 Å². The standard InChI is InChI=1S/C19H32N2O3.ClH/c1-14(2)9-10-24-16-8-7-15(11-17(16)23-6)18(22)21(5)13-19(3,4)12-20;/h7-8,11,14H,9-10,12-13,20H2,1-6H3;1H. The van der Waals surface area contributed by atoms with Crippen LogP contribution in [0, 0.1) is 11.3 Å². The van der Waals surface area contributed by atoms with E-state index in [4.69, 9.17) is 15.2 Å². The first-order valence-electron chi connectivity index (χ1n) is 8.46. The number of rotatable bonds is 9. The largest absolute Gasteiger partial charge is 0.493 e. The van der Waals surface area contributed by atoms with Crippen LogP contribution in [0.5, 0.6) is 11.5 Å². The maximum absolute atomic E-state index is 12.6. The molecule has 0 bridgehead atoms. The maximum atomic E-state index is 12.6. The van der Waals surface area contributed by atoms with E-state index >= 15 is 0 Å². The summed E-state index contributed by atoms with van der Waals surface area (Å²) in [5, 5.41) is 0. The number of hydrogen-bond acceptors (Lipinski definition) is 4. The highest BCUT2D eigenvalue weighted by Gasteiger charge is 2.22. The van der Waals surface area contributed by atoms with E-state index in [-0.39, 0.29) is 23.7 Å². The molecule has 0 heterocycles. The van der Waals surface area contributed by atoms with Gasteiger partial charge in [0, 0.05) is 19.2 Å². The number of hydrogen-bond donors (Lipinski definition) is 1. The van der Waals surface area contributed by atoms with Crippen LogP contribution in [-0.4, -0.2) is 44.7 Å². The number of nitrogens with zero attached hydrogens (tertiary/aromatic N) is 1. The first kappa shape index (κ1) is 23.5. The second-order valence-electron chi connectivity index (χ2n) is 7.43. The van der Waals surface area contributed by atoms with Gasteiger partial charge in [0.2, 0.25) is 0 Å². The quantitative estimate of drug-likeness (QED) is 0.719. The summed E-state index contributed by atoms with van der Waals surface area (Å²) < 4.78 is 11.1. The predicted octanol–water partition coefficient (Wildman–Crippen LogP) is 3.60. The fourth-order valence-electron chi connectivity index (χ4n) is 2.32. The van der Waals surface area contributed by atoms with Crippen LogP contribution in [0.15, 0.2) is 18.2 Å². The van der Waals surface area contributed by atoms with E-state index in [1.807, 2.05) is 13.8 Å². The summed E-state index contributed by atoms with van der Waals surface area (Å²) >= 11 is 0. The normalized spacial score (nSPS) is 11.0. The van der Waals surface area contributed by atoms with Gasteiger partial charge in [-0.3, -0.25) is 4.79 Å². The Hall–Kier alpha value is -1.46. The molecule has 5 nitrogen and oxygen atoms in total. The smallest absolute Gasteiger partial charge is 0.253 e. The SMILES string of the molecule is COc1cc(C(=O)N(C)CC(C)(C)CN)ccc1OCCC(C)C.Cl. The van der Waals surface area contributed by atoms with E-state index < -0.39 is 0 Å². The number of carbonyl (C=O) groups is 1. The van der Waals surface area contributed by atoms with Crippen molar-refractivity contribution >= 4 is 18.3 Å². The lowest BCUT2D eigenvalue weighted by atomic mass is 9.93. The molecule has 0 spiro atoms. The van der Waals surface area contributed by atoms with Gasteiger partial charge in [0.25, 0.3) is 5.91 Å². The number of benzene rings is 1. The zero-order valence-corrected chi connectivity index (χ0v) is 17.1. The summed E-state index contributed by atoms with van der Waals surface area (Å²) in [6.07, 6.45) is 0.973. The molecule has 1 amide bonds. The van der Waals surface area contributed by atoms with Crippen LogP contribution in [0.4, 0.5) is 0 Å². The minimum absolute atomic E-state index is 0. The molecule has 0 fully saturated rings. The number of halogens is 1. The van der Waals surface area contributed by atoms with Crippen molar-refractivity contribution in [1.29, 1.82) is 0 Å². The molecule has 0 aliphatic carbocycles. The molecule has 0 aliphatic heterocycles. The summed E-state index contributed by atoms with van der Waals surface area (Å²) in [5.74, 6) is 1.77. The van der Waals surface area contributed by atoms with Gasteiger partial charge in [-0.2, -0.15) is 0 Å². The van der Waals surface area contributed by atoms with Crippen LogP contribution < -0.4 is 15.2 Å². The molecule has 0 atom stereocenters. The van der Waals surface area contributed by atoms with Gasteiger partial charge < -0.3 is 20.1 Å². The van der Waals surface area contributed by atoms with Crippen LogP contribution in [0.3, 0.4) is 0 Å². The second-order valence-corrected chi connectivity index (χ2v) is 7.43. The number of amides is 1. The van der Waals surface area contributed by atoms with Gasteiger partial charge in [-0.05, 0) is 42.5 Å². The Morgan fingerprint density at radius 2 is 1.92 bits per heavy atom. The number of carbonyl (C=O) groups excluding carboxylic acids is 1. The molecule has 0 saturated carbocycles. The Labute approximate surface area is 158 Å². The zero-order chi connectivity index (χ0) is 18.3. The molecule has 1 rings (SSSR count). The molecule has 25 heavy (non-hydrogen) atoms. The summed E-state index contributed by atoms with van der Waals surface area (Å²) in [5.41, 5.74) is 6.22. The van der Waals surface area contributed by atoms with E-state index in [1.165, 1.54) is 0 Å². The number of ether oxygens (including phenoxy) is 2. The highest BCUT2D eigenvalue weighted by atomic mass is 35.5. The van der Waals surface area contributed by atoms with Gasteiger partial charge in [0.05, 0.1) is 13.7 Å². The lowest BCUT2D eigenvalue weighted by molar-refractivity contribution is 0.0740. The Morgan fingerprint density at radius 3 is 2.44 bits per heavy atom. The Balaban J connectivity index is 0.00000576. The van der Waals surface area contributed by atoms with Crippen molar-refractivity contribution < 1.29 is 14.3 Å². The summed E-state index contributed by atoms with van der Waals surface area (Å²) in [7, 11) is 3.37. The third-order valence-electron chi connectivity index (χ3n) is 3.93. The van der Waals surface area contributed by atoms with Crippen LogP contribution >= 0.6 is 12.4 Å². The fraction of sp³-hybridized carbons (Fsp3) is 0.632. The van der Waals surface area contributed by atoms with Gasteiger partial charge in [0.1, 0.15) is 0 Å². The third kappa shape index (κ3) is 7.53. The monoisotopic (exact) mass is 372 g/mol. The zero-order valence-electron chi connectivity index (χ0n) is 16.3. The molecular formula is C19H33ClN2O3. The van der Waals surface area contributed by atoms with E-state index in [1.54, 1.807) is 37.3 Å². The van der Waals surface area contributed by atoms with Crippen molar-refractivity contribution in [3.8, 4) is 11.5 Å². The molecule has 1 aromatic rings. The summed E-state index contributed by atoms with van der Waals surface area (Å²) in [6, 6.07) is 5.31. The number of methoxy groups -OCH3 is 1. The molecule has 0 radical (unpaired) electrons. The highest BCUT2D eigenvalue weighted by molar-refractivity contribution is 5.94. The van der Waals surface area contributed by atoms with Crippen molar-refractivity contribution in [3.05, 3.63) is 23.8 Å². The number of nitrogens with two attached hydrogens (primary N) is 1. The van der Waals surface area contributed by atoms with Gasteiger partial charge in [-0.15, -0.1) is 12.4 Å². The van der Waals surface area contributed by atoms with E-state index in [0.29, 0.717) is 42.7 Å². The van der Waals surface area contributed by atoms with Crippen LogP contribution in [-0.2, 0) is 0 Å². The van der Waals surface area contributed by atoms with Crippen molar-refractivity contribution in [1.82, 2.24) is 4.90 Å². The van der Waals surface area contributed by atoms with Gasteiger partial charge in [0.15, 0.2) is 11.5 Å². The fourth-order valence-corrected chi connectivity index (χ4v) is 2.32. The topological polar surface area (TPSA) is 64.8 Å². The van der Waals surface area contributed by atoms with Gasteiger partial charge in [-0.1, -0.05) is 27.7 Å². The Bertz CT molecular complexity index is 547. The average molecular weight is 373 g/mol. The first-order chi connectivity index (χ1) is 11.2. The van der Waals surface area contributed by atoms with E-state index in [2.05, 4.69) is 13.8 Å². The minimum atomic E-state index is -0.117. The Morgan fingerprint density at radius 1 is 1.28 bits per heavy atom. The lowest BCUT2D eigenvalue weighted by Gasteiger charge is -2.29. The highest BCUT2D eigenvalue weighted by Crippen LogP contribution is 2.29. The molecule has 144 valence electrons. The molecule has 1 aromatic carbocycles. The van der Waals surface area contributed by atoms with E-state index in [0.717, 1.165) is 6.42 Å². The van der Waals surface area contributed by atoms with Crippen molar-refractivity contribution in [2.24, 2.45) is 17.1 Å². The third-order valence-corrected chi connectivity index (χ3v) is 3.93. The minimum Gasteiger partial charge on any atom is -0.493 e. The molecule has 0 aromatic heterocycles. The first-order valence-corrected chi connectivity index (χ1v) is 8.46. The van der Waals surface area contributed by atoms with Crippen LogP contribution in [0.2, 0.25) is 0 Å². The van der Waals surface area contributed by atoms with Crippen molar-refractivity contribution in [3.63, 3.8) is 0 Å². The maximum Gasteiger partial charge on any atom is 0.253 e. The van der Waals surface area contributed by atoms with Crippen LogP contribution in [0.25, 0.3) is 0 Å². The second kappa shape index (κ2) is 10.5. The Kier molecular flexibility index (Phi) is 9.90. The summed E-state index contributed by atoms with van der Waals surface area (Å²) in [4.78, 5) is 14.3. The molecule has 0 saturated heterocycles. The predicted molar refractivity (Wildman–Crippen MR) is 105 cm³/mol. The summed E-state index contributed by atoms with van der Waals surface area (Å²) in [6.45, 7) is 10.1. The molecule has 0 aliphatic rings. The molecule has 2 N–H and O–H groups in total. The van der Waals surface area contributed by atoms with Crippen molar-refractivity contribution in [2.45, 2.75) is 34.1 Å². The van der Waals surface area contributed by atoms with Gasteiger partial charge in [-0.25, -0.2) is 0 Å². The van der Waals surface area contributed by atoms with E-state index in [9.17, 15) is 4.79 Å². The lowest BCUT2D eigenvalue weighted by Crippen LogP contribution is -2.39. The molecule has 0 unspecified atom stereocenters. The molecular weight excluding hydrogens is 340 g/mol. The molecule has 6 heteroatoms. The van der Waals surface area contributed by atoms with Crippen LogP contribution in [0.1, 0.15) is 44.5 Å². The average Bonchev–Trinajstić information content (AvgIpc) is 2.53. The van der Waals surface area contributed by atoms with Gasteiger partial charge >= 0.3 is 0 Å².